The number of hydrogen-bond donors (Lipinski definition) is 1. The van der Waals surface area contributed by atoms with Crippen molar-refractivity contribution in [2.45, 2.75) is 6.92 Å². The summed E-state index contributed by atoms with van der Waals surface area (Å²) in [6.07, 6.45) is 0. The van der Waals surface area contributed by atoms with E-state index >= 15 is 0 Å². The normalized spacial score (nSPS) is 9.39. The van der Waals surface area contributed by atoms with Crippen LogP contribution in [0, 0.1) is 11.8 Å². The average Bonchev–Trinajstić information content (AvgIpc) is 2.87. The number of ether oxygens (including phenoxy) is 1. The van der Waals surface area contributed by atoms with E-state index in [1.54, 1.807) is 13.0 Å². The van der Waals surface area contributed by atoms with Crippen LogP contribution in [0.25, 0.3) is 11.3 Å². The SMILES string of the molecule is CCOC(=O)C#Cc1cc(-c2ccccc2)n[nH]1. The van der Waals surface area contributed by atoms with E-state index < -0.39 is 5.97 Å². The van der Waals surface area contributed by atoms with Crippen molar-refractivity contribution in [3.8, 4) is 23.1 Å². The van der Waals surface area contributed by atoms with Crippen molar-refractivity contribution in [1.29, 1.82) is 0 Å². The van der Waals surface area contributed by atoms with Gasteiger partial charge in [0.2, 0.25) is 0 Å². The van der Waals surface area contributed by atoms with Crippen molar-refractivity contribution in [3.63, 3.8) is 0 Å². The van der Waals surface area contributed by atoms with Gasteiger partial charge in [0.1, 0.15) is 5.69 Å². The highest BCUT2D eigenvalue weighted by Gasteiger charge is 2.01. The van der Waals surface area contributed by atoms with E-state index in [0.717, 1.165) is 11.3 Å². The minimum Gasteiger partial charge on any atom is -0.456 e. The number of nitrogens with zero attached hydrogens (tertiary/aromatic N) is 1. The summed E-state index contributed by atoms with van der Waals surface area (Å²) in [4.78, 5) is 11.1. The molecule has 0 amide bonds. The molecular weight excluding hydrogens is 228 g/mol. The summed E-state index contributed by atoms with van der Waals surface area (Å²) in [6.45, 7) is 2.06. The maximum absolute atomic E-state index is 11.1. The van der Waals surface area contributed by atoms with Crippen molar-refractivity contribution in [2.24, 2.45) is 0 Å². The van der Waals surface area contributed by atoms with Gasteiger partial charge in [-0.3, -0.25) is 5.10 Å². The quantitative estimate of drug-likeness (QED) is 0.645. The van der Waals surface area contributed by atoms with Crippen LogP contribution in [0.5, 0.6) is 0 Å². The number of esters is 1. The predicted octanol–water partition coefficient (Wildman–Crippen LogP) is 1.99. The van der Waals surface area contributed by atoms with Crippen LogP contribution in [-0.2, 0) is 9.53 Å². The van der Waals surface area contributed by atoms with Crippen LogP contribution >= 0.6 is 0 Å². The summed E-state index contributed by atoms with van der Waals surface area (Å²) in [6, 6.07) is 11.5. The Morgan fingerprint density at radius 2 is 2.17 bits per heavy atom. The van der Waals surface area contributed by atoms with Gasteiger partial charge in [0.05, 0.1) is 12.3 Å². The minimum atomic E-state index is -0.534. The van der Waals surface area contributed by atoms with Gasteiger partial charge in [0, 0.05) is 11.5 Å². The molecule has 4 heteroatoms. The van der Waals surface area contributed by atoms with E-state index in [9.17, 15) is 4.79 Å². The number of benzene rings is 1. The van der Waals surface area contributed by atoms with Crippen LogP contribution in [-0.4, -0.2) is 22.8 Å². The molecule has 4 nitrogen and oxygen atoms in total. The highest BCUT2D eigenvalue weighted by Crippen LogP contribution is 2.16. The van der Waals surface area contributed by atoms with Gasteiger partial charge in [0.15, 0.2) is 0 Å². The zero-order valence-corrected chi connectivity index (χ0v) is 9.93. The maximum Gasteiger partial charge on any atom is 0.384 e. The molecule has 2 aromatic rings. The number of nitrogens with one attached hydrogen (secondary N) is 1. The Bertz CT molecular complexity index is 591. The summed E-state index contributed by atoms with van der Waals surface area (Å²) in [5.41, 5.74) is 2.38. The molecule has 0 aliphatic carbocycles. The second-order valence-electron chi connectivity index (χ2n) is 3.50. The maximum atomic E-state index is 11.1. The third kappa shape index (κ3) is 2.98. The summed E-state index contributed by atoms with van der Waals surface area (Å²) >= 11 is 0. The molecule has 1 aromatic heterocycles. The van der Waals surface area contributed by atoms with Crippen molar-refractivity contribution in [1.82, 2.24) is 10.2 Å². The zero-order valence-electron chi connectivity index (χ0n) is 9.93. The highest BCUT2D eigenvalue weighted by molar-refractivity contribution is 5.89. The topological polar surface area (TPSA) is 55.0 Å². The smallest absolute Gasteiger partial charge is 0.384 e. The van der Waals surface area contributed by atoms with Gasteiger partial charge in [-0.2, -0.15) is 5.10 Å². The fraction of sp³-hybridized carbons (Fsp3) is 0.143. The van der Waals surface area contributed by atoms with Crippen LogP contribution in [0.15, 0.2) is 36.4 Å². The van der Waals surface area contributed by atoms with Crippen molar-refractivity contribution >= 4 is 5.97 Å². The third-order valence-corrected chi connectivity index (χ3v) is 2.22. The first-order valence-corrected chi connectivity index (χ1v) is 5.59. The molecule has 0 unspecified atom stereocenters. The minimum absolute atomic E-state index is 0.325. The van der Waals surface area contributed by atoms with Gasteiger partial charge in [-0.15, -0.1) is 0 Å². The molecule has 18 heavy (non-hydrogen) atoms. The number of hydrogen-bond acceptors (Lipinski definition) is 3. The molecule has 2 rings (SSSR count). The van der Waals surface area contributed by atoms with Crippen LogP contribution in [0.1, 0.15) is 12.6 Å². The largest absolute Gasteiger partial charge is 0.456 e. The van der Waals surface area contributed by atoms with Crippen LogP contribution in [0.3, 0.4) is 0 Å². The van der Waals surface area contributed by atoms with Crippen molar-refractivity contribution in [3.05, 3.63) is 42.1 Å². The molecule has 0 aliphatic rings. The number of rotatable bonds is 2. The Labute approximate surface area is 105 Å². The Morgan fingerprint density at radius 1 is 1.39 bits per heavy atom. The average molecular weight is 240 g/mol. The lowest BCUT2D eigenvalue weighted by atomic mass is 10.1. The molecular formula is C14H12N2O2. The zero-order chi connectivity index (χ0) is 12.8. The Hall–Kier alpha value is -2.54. The Kier molecular flexibility index (Phi) is 3.77. The molecule has 1 N–H and O–H groups in total. The van der Waals surface area contributed by atoms with E-state index in [2.05, 4.69) is 22.0 Å². The summed E-state index contributed by atoms with van der Waals surface area (Å²) < 4.78 is 4.71. The van der Waals surface area contributed by atoms with E-state index in [0.29, 0.717) is 12.3 Å². The molecule has 0 spiro atoms. The predicted molar refractivity (Wildman–Crippen MR) is 67.5 cm³/mol. The summed E-state index contributed by atoms with van der Waals surface area (Å²) in [7, 11) is 0. The molecule has 0 fully saturated rings. The fourth-order valence-electron chi connectivity index (χ4n) is 1.43. The summed E-state index contributed by atoms with van der Waals surface area (Å²) in [5.74, 6) is 4.53. The molecule has 0 saturated carbocycles. The lowest BCUT2D eigenvalue weighted by Crippen LogP contribution is -1.99. The van der Waals surface area contributed by atoms with Gasteiger partial charge >= 0.3 is 5.97 Å². The molecule has 90 valence electrons. The van der Waals surface area contributed by atoms with Gasteiger partial charge in [0.25, 0.3) is 0 Å². The molecule has 0 aliphatic heterocycles. The lowest BCUT2D eigenvalue weighted by Gasteiger charge is -1.92. The molecule has 0 atom stereocenters. The van der Waals surface area contributed by atoms with Crippen LogP contribution in [0.4, 0.5) is 0 Å². The van der Waals surface area contributed by atoms with Crippen molar-refractivity contribution in [2.75, 3.05) is 6.61 Å². The third-order valence-electron chi connectivity index (χ3n) is 2.22. The Balaban J connectivity index is 2.14. The lowest BCUT2D eigenvalue weighted by molar-refractivity contribution is -0.136. The first-order chi connectivity index (χ1) is 8.79. The molecule has 1 heterocycles. The van der Waals surface area contributed by atoms with Crippen molar-refractivity contribution < 1.29 is 9.53 Å². The van der Waals surface area contributed by atoms with E-state index in [-0.39, 0.29) is 0 Å². The van der Waals surface area contributed by atoms with E-state index in [1.807, 2.05) is 30.3 Å². The second kappa shape index (κ2) is 5.69. The molecule has 0 bridgehead atoms. The number of carbonyl (C=O) groups excluding carboxylic acids is 1. The number of aromatic amines is 1. The molecule has 1 aromatic carbocycles. The first kappa shape index (κ1) is 11.9. The van der Waals surface area contributed by atoms with Crippen LogP contribution in [0.2, 0.25) is 0 Å². The number of carbonyl (C=O) groups is 1. The number of aromatic nitrogens is 2. The second-order valence-corrected chi connectivity index (χ2v) is 3.50. The van der Waals surface area contributed by atoms with E-state index in [1.165, 1.54) is 0 Å². The highest BCUT2D eigenvalue weighted by atomic mass is 16.5. The van der Waals surface area contributed by atoms with Gasteiger partial charge in [-0.1, -0.05) is 30.3 Å². The van der Waals surface area contributed by atoms with E-state index in [4.69, 9.17) is 4.74 Å². The van der Waals surface area contributed by atoms with Gasteiger partial charge < -0.3 is 4.74 Å². The van der Waals surface area contributed by atoms with Gasteiger partial charge in [-0.05, 0) is 18.9 Å². The number of H-pyrrole nitrogens is 1. The van der Waals surface area contributed by atoms with Crippen LogP contribution < -0.4 is 0 Å². The monoisotopic (exact) mass is 240 g/mol. The standard InChI is InChI=1S/C14H12N2O2/c1-2-18-14(17)9-8-12-10-13(16-15-12)11-6-4-3-5-7-11/h3-7,10H,2H2,1H3,(H,15,16). The Morgan fingerprint density at radius 3 is 2.89 bits per heavy atom. The molecule has 0 saturated heterocycles. The fourth-order valence-corrected chi connectivity index (χ4v) is 1.43. The first-order valence-electron chi connectivity index (χ1n) is 5.59. The molecule has 0 radical (unpaired) electrons. The summed E-state index contributed by atoms with van der Waals surface area (Å²) in [5, 5.41) is 6.90. The van der Waals surface area contributed by atoms with Gasteiger partial charge in [-0.25, -0.2) is 4.79 Å².